The first-order chi connectivity index (χ1) is 11.6. The molecule has 0 saturated carbocycles. The summed E-state index contributed by atoms with van der Waals surface area (Å²) in [4.78, 5) is 7.47. The number of hydrogen-bond donors (Lipinski definition) is 0. The molecule has 2 aromatic rings. The van der Waals surface area contributed by atoms with Crippen molar-refractivity contribution in [2.45, 2.75) is 77.0 Å². The monoisotopic (exact) mass is 323 g/mol. The number of hydrogen-bond acceptors (Lipinski definition) is 2. The summed E-state index contributed by atoms with van der Waals surface area (Å²) in [6, 6.07) is 13.1. The Bertz CT molecular complexity index is 674. The van der Waals surface area contributed by atoms with Crippen LogP contribution in [0, 0.1) is 6.92 Å². The molecule has 2 atom stereocenters. The van der Waals surface area contributed by atoms with Gasteiger partial charge >= 0.3 is 0 Å². The van der Waals surface area contributed by atoms with Crippen molar-refractivity contribution in [1.82, 2.24) is 14.5 Å². The van der Waals surface area contributed by atoms with Crippen molar-refractivity contribution in [2.24, 2.45) is 0 Å². The molecule has 2 bridgehead atoms. The lowest BCUT2D eigenvalue weighted by Gasteiger charge is -2.40. The van der Waals surface area contributed by atoms with Crippen LogP contribution in [-0.4, -0.2) is 26.5 Å². The molecule has 2 unspecified atom stereocenters. The Balaban J connectivity index is 1.54. The largest absolute Gasteiger partial charge is 0.329 e. The van der Waals surface area contributed by atoms with E-state index in [9.17, 15) is 0 Å². The zero-order valence-electron chi connectivity index (χ0n) is 15.2. The molecule has 1 aromatic heterocycles. The molecule has 0 amide bonds. The highest BCUT2D eigenvalue weighted by Gasteiger charge is 2.41. The van der Waals surface area contributed by atoms with Gasteiger partial charge in [0.25, 0.3) is 0 Å². The van der Waals surface area contributed by atoms with E-state index in [-0.39, 0.29) is 0 Å². The van der Waals surface area contributed by atoms with Gasteiger partial charge in [-0.2, -0.15) is 0 Å². The minimum absolute atomic E-state index is 0.499. The second-order valence-electron chi connectivity index (χ2n) is 7.95. The second kappa shape index (κ2) is 6.36. The predicted octanol–water partition coefficient (Wildman–Crippen LogP) is 4.68. The van der Waals surface area contributed by atoms with Crippen LogP contribution in [0.4, 0.5) is 0 Å². The molecular weight excluding hydrogens is 294 g/mol. The van der Waals surface area contributed by atoms with E-state index in [1.807, 2.05) is 0 Å². The molecule has 3 heteroatoms. The van der Waals surface area contributed by atoms with E-state index >= 15 is 0 Å². The highest BCUT2D eigenvalue weighted by atomic mass is 15.2. The van der Waals surface area contributed by atoms with Gasteiger partial charge < -0.3 is 4.57 Å². The average Bonchev–Trinajstić information content (AvgIpc) is 3.05. The first kappa shape index (κ1) is 15.9. The minimum Gasteiger partial charge on any atom is -0.329 e. The lowest BCUT2D eigenvalue weighted by Crippen LogP contribution is -2.43. The summed E-state index contributed by atoms with van der Waals surface area (Å²) in [5, 5.41) is 0. The Morgan fingerprint density at radius 1 is 1.04 bits per heavy atom. The lowest BCUT2D eigenvalue weighted by molar-refractivity contribution is 0.0974. The summed E-state index contributed by atoms with van der Waals surface area (Å²) < 4.78 is 2.55. The summed E-state index contributed by atoms with van der Waals surface area (Å²) in [6.07, 6.45) is 7.34. The molecule has 2 saturated heterocycles. The van der Waals surface area contributed by atoms with Gasteiger partial charge in [0, 0.05) is 42.5 Å². The molecule has 2 aliphatic rings. The smallest absolute Gasteiger partial charge is 0.111 e. The summed E-state index contributed by atoms with van der Waals surface area (Å²) in [7, 11) is 0. The fourth-order valence-corrected chi connectivity index (χ4v) is 4.88. The number of piperidine rings is 1. The van der Waals surface area contributed by atoms with Gasteiger partial charge in [-0.05, 0) is 38.2 Å². The van der Waals surface area contributed by atoms with Gasteiger partial charge in [0.2, 0.25) is 0 Å². The van der Waals surface area contributed by atoms with Crippen LogP contribution in [-0.2, 0) is 6.54 Å². The number of benzene rings is 1. The topological polar surface area (TPSA) is 21.1 Å². The van der Waals surface area contributed by atoms with Crippen LogP contribution in [0.5, 0.6) is 0 Å². The van der Waals surface area contributed by atoms with Crippen molar-refractivity contribution >= 4 is 0 Å². The van der Waals surface area contributed by atoms with Crippen LogP contribution in [0.1, 0.15) is 68.6 Å². The molecule has 1 aromatic carbocycles. The van der Waals surface area contributed by atoms with Crippen LogP contribution in [0.3, 0.4) is 0 Å². The van der Waals surface area contributed by atoms with Crippen molar-refractivity contribution < 1.29 is 0 Å². The van der Waals surface area contributed by atoms with E-state index < -0.39 is 0 Å². The van der Waals surface area contributed by atoms with Gasteiger partial charge in [0.1, 0.15) is 5.82 Å². The fraction of sp³-hybridized carbons (Fsp3) is 0.571. The lowest BCUT2D eigenvalue weighted by atomic mass is 9.95. The normalized spacial score (nSPS) is 27.1. The molecule has 3 heterocycles. The van der Waals surface area contributed by atoms with Gasteiger partial charge in [0.05, 0.1) is 0 Å². The van der Waals surface area contributed by atoms with E-state index in [1.165, 1.54) is 42.8 Å². The molecule has 4 rings (SSSR count). The van der Waals surface area contributed by atoms with Crippen molar-refractivity contribution in [3.05, 3.63) is 53.6 Å². The van der Waals surface area contributed by atoms with Crippen LogP contribution >= 0.6 is 0 Å². The van der Waals surface area contributed by atoms with E-state index in [1.54, 1.807) is 0 Å². The summed E-state index contributed by atoms with van der Waals surface area (Å²) >= 11 is 0. The molecule has 2 aliphatic heterocycles. The Morgan fingerprint density at radius 2 is 1.71 bits per heavy atom. The van der Waals surface area contributed by atoms with E-state index in [4.69, 9.17) is 4.98 Å². The van der Waals surface area contributed by atoms with Crippen LogP contribution in [0.2, 0.25) is 0 Å². The third-order valence-electron chi connectivity index (χ3n) is 5.96. The third-order valence-corrected chi connectivity index (χ3v) is 5.96. The van der Waals surface area contributed by atoms with Gasteiger partial charge in [-0.25, -0.2) is 4.98 Å². The maximum absolute atomic E-state index is 4.70. The maximum Gasteiger partial charge on any atom is 0.111 e. The third kappa shape index (κ3) is 2.79. The minimum atomic E-state index is 0.499. The van der Waals surface area contributed by atoms with Crippen LogP contribution in [0.25, 0.3) is 0 Å². The molecule has 0 N–H and O–H groups in total. The first-order valence-corrected chi connectivity index (χ1v) is 9.47. The highest BCUT2D eigenvalue weighted by molar-refractivity contribution is 5.16. The number of rotatable bonds is 4. The summed E-state index contributed by atoms with van der Waals surface area (Å²) in [6.45, 7) is 7.86. The zero-order chi connectivity index (χ0) is 16.7. The Kier molecular flexibility index (Phi) is 4.21. The standard InChI is InChI=1S/C21H29N3/c1-15(2)21-22-13-16(3)24(21)20-11-18-9-10-19(12-20)23(18)14-17-7-5-4-6-8-17/h4-8,13,15,18-20H,9-12,14H2,1-3H3. The first-order valence-electron chi connectivity index (χ1n) is 9.47. The van der Waals surface area contributed by atoms with Crippen molar-refractivity contribution in [3.8, 4) is 0 Å². The molecule has 3 nitrogen and oxygen atoms in total. The van der Waals surface area contributed by atoms with Crippen LogP contribution < -0.4 is 0 Å². The predicted molar refractivity (Wildman–Crippen MR) is 98.1 cm³/mol. The van der Waals surface area contributed by atoms with Gasteiger partial charge in [-0.3, -0.25) is 4.90 Å². The number of imidazole rings is 1. The van der Waals surface area contributed by atoms with Gasteiger partial charge in [-0.15, -0.1) is 0 Å². The Labute approximate surface area is 145 Å². The Morgan fingerprint density at radius 3 is 2.33 bits per heavy atom. The van der Waals surface area contributed by atoms with Gasteiger partial charge in [0.15, 0.2) is 0 Å². The van der Waals surface area contributed by atoms with E-state index in [0.717, 1.165) is 18.6 Å². The summed E-state index contributed by atoms with van der Waals surface area (Å²) in [5.74, 6) is 1.77. The molecule has 0 spiro atoms. The molecule has 0 aliphatic carbocycles. The fourth-order valence-electron chi connectivity index (χ4n) is 4.88. The molecule has 128 valence electrons. The van der Waals surface area contributed by atoms with Crippen molar-refractivity contribution in [3.63, 3.8) is 0 Å². The number of aromatic nitrogens is 2. The summed E-state index contributed by atoms with van der Waals surface area (Å²) in [5.41, 5.74) is 2.79. The average molecular weight is 323 g/mol. The highest BCUT2D eigenvalue weighted by Crippen LogP contribution is 2.42. The van der Waals surface area contributed by atoms with E-state index in [2.05, 4.69) is 66.8 Å². The number of aryl methyl sites for hydroxylation is 1. The Hall–Kier alpha value is -1.61. The SMILES string of the molecule is Cc1cnc(C(C)C)n1C1CC2CCC(C1)N2Cc1ccccc1. The second-order valence-corrected chi connectivity index (χ2v) is 7.95. The maximum atomic E-state index is 4.70. The zero-order valence-corrected chi connectivity index (χ0v) is 15.2. The van der Waals surface area contributed by atoms with E-state index in [0.29, 0.717) is 12.0 Å². The van der Waals surface area contributed by atoms with Crippen molar-refractivity contribution in [1.29, 1.82) is 0 Å². The van der Waals surface area contributed by atoms with Crippen LogP contribution in [0.15, 0.2) is 36.5 Å². The van der Waals surface area contributed by atoms with Gasteiger partial charge in [-0.1, -0.05) is 44.2 Å². The molecule has 24 heavy (non-hydrogen) atoms. The molecule has 2 fully saturated rings. The quantitative estimate of drug-likeness (QED) is 0.814. The number of nitrogens with zero attached hydrogens (tertiary/aromatic N) is 3. The molecular formula is C21H29N3. The van der Waals surface area contributed by atoms with Crippen molar-refractivity contribution in [2.75, 3.05) is 0 Å². The molecule has 0 radical (unpaired) electrons. The number of fused-ring (bicyclic) bond motifs is 2.